The fourth-order valence-electron chi connectivity index (χ4n) is 3.48. The first-order chi connectivity index (χ1) is 12.4. The largest absolute Gasteiger partial charge is 0.260 e. The molecule has 0 atom stereocenters. The molecule has 2 nitrogen and oxygen atoms in total. The molecule has 0 amide bonds. The average molecular weight is 355 g/mol. The van der Waals surface area contributed by atoms with Crippen molar-refractivity contribution in [2.45, 2.75) is 70.5 Å². The van der Waals surface area contributed by atoms with Gasteiger partial charge >= 0.3 is 0 Å². The molecule has 1 aromatic heterocycles. The summed E-state index contributed by atoms with van der Waals surface area (Å²) in [6, 6.07) is 8.46. The highest BCUT2D eigenvalue weighted by Gasteiger charge is 2.17. The van der Waals surface area contributed by atoms with Crippen molar-refractivity contribution in [3.63, 3.8) is 0 Å². The Morgan fingerprint density at radius 2 is 1.88 bits per heavy atom. The third kappa shape index (κ3) is 5.07. The second-order valence-electron chi connectivity index (χ2n) is 6.93. The molecule has 0 saturated heterocycles. The van der Waals surface area contributed by atoms with Crippen LogP contribution in [-0.4, -0.2) is 17.0 Å². The molecule has 0 saturated carbocycles. The number of fused-ring (bicyclic) bond motifs is 2. The first-order valence-corrected chi connectivity index (χ1v) is 11.1. The molecule has 0 N–H and O–H groups in total. The van der Waals surface area contributed by atoms with Gasteiger partial charge in [0.25, 0.3) is 0 Å². The van der Waals surface area contributed by atoms with Crippen LogP contribution >= 0.6 is 11.8 Å². The molecule has 0 spiro atoms. The molecule has 134 valence electrons. The van der Waals surface area contributed by atoms with Crippen LogP contribution in [0.1, 0.15) is 69.5 Å². The number of aliphatic imine (C=N–C) groups is 1. The van der Waals surface area contributed by atoms with E-state index < -0.39 is 0 Å². The van der Waals surface area contributed by atoms with Gasteiger partial charge in [-0.05, 0) is 31.1 Å². The summed E-state index contributed by atoms with van der Waals surface area (Å²) >= 11 is 2.00. The smallest absolute Gasteiger partial charge is 0.0778 e. The molecule has 0 bridgehead atoms. The zero-order valence-corrected chi connectivity index (χ0v) is 16.3. The lowest BCUT2D eigenvalue weighted by molar-refractivity contribution is 0.596. The standard InChI is InChI=1S/C22H30N2S/c1-2-3-4-5-6-7-8-11-15-23-22-18-12-9-10-13-20(18)24-21-14-16-25-17-19(21)22/h9-10,12-13,15H,2-8,11,14,16-17H2,1H3. The Morgan fingerprint density at radius 3 is 2.76 bits per heavy atom. The number of hydrogen-bond acceptors (Lipinski definition) is 3. The minimum absolute atomic E-state index is 1.05. The number of nitrogens with zero attached hydrogens (tertiary/aromatic N) is 2. The van der Waals surface area contributed by atoms with Gasteiger partial charge in [0.1, 0.15) is 0 Å². The molecule has 2 heterocycles. The summed E-state index contributed by atoms with van der Waals surface area (Å²) in [6.07, 6.45) is 13.8. The van der Waals surface area contributed by atoms with Crippen LogP contribution in [0.3, 0.4) is 0 Å². The Labute approximate surface area is 156 Å². The van der Waals surface area contributed by atoms with Gasteiger partial charge in [-0.1, -0.05) is 63.6 Å². The molecule has 25 heavy (non-hydrogen) atoms. The van der Waals surface area contributed by atoms with Gasteiger partial charge in [-0.2, -0.15) is 11.8 Å². The monoisotopic (exact) mass is 354 g/mol. The van der Waals surface area contributed by atoms with Crippen molar-refractivity contribution >= 4 is 34.6 Å². The van der Waals surface area contributed by atoms with Crippen molar-refractivity contribution < 1.29 is 0 Å². The van der Waals surface area contributed by atoms with Crippen LogP contribution in [-0.2, 0) is 12.2 Å². The summed E-state index contributed by atoms with van der Waals surface area (Å²) in [6.45, 7) is 2.27. The summed E-state index contributed by atoms with van der Waals surface area (Å²) in [5.74, 6) is 2.23. The van der Waals surface area contributed by atoms with Crippen LogP contribution in [0.25, 0.3) is 10.9 Å². The number of para-hydroxylation sites is 1. The van der Waals surface area contributed by atoms with Crippen molar-refractivity contribution in [1.29, 1.82) is 0 Å². The van der Waals surface area contributed by atoms with E-state index in [1.165, 1.54) is 73.0 Å². The minimum atomic E-state index is 1.05. The normalized spacial score (nSPS) is 14.3. The maximum atomic E-state index is 4.92. The lowest BCUT2D eigenvalue weighted by Gasteiger charge is -2.18. The van der Waals surface area contributed by atoms with Crippen LogP contribution in [0.2, 0.25) is 0 Å². The van der Waals surface area contributed by atoms with E-state index in [1.807, 2.05) is 11.8 Å². The molecule has 1 aliphatic rings. The number of hydrogen-bond donors (Lipinski definition) is 0. The maximum Gasteiger partial charge on any atom is 0.0778 e. The summed E-state index contributed by atoms with van der Waals surface area (Å²) in [5.41, 5.74) is 4.90. The fourth-order valence-corrected chi connectivity index (χ4v) is 4.47. The summed E-state index contributed by atoms with van der Waals surface area (Å²) < 4.78 is 0. The average Bonchev–Trinajstić information content (AvgIpc) is 2.66. The highest BCUT2D eigenvalue weighted by molar-refractivity contribution is 7.98. The van der Waals surface area contributed by atoms with Gasteiger partial charge in [-0.3, -0.25) is 9.98 Å². The molecule has 1 aromatic carbocycles. The number of aromatic nitrogens is 1. The van der Waals surface area contributed by atoms with Gasteiger partial charge in [-0.15, -0.1) is 0 Å². The molecule has 0 unspecified atom stereocenters. The van der Waals surface area contributed by atoms with Gasteiger partial charge in [0.05, 0.1) is 11.2 Å². The fraction of sp³-hybridized carbons (Fsp3) is 0.545. The Kier molecular flexibility index (Phi) is 7.35. The Morgan fingerprint density at radius 1 is 1.08 bits per heavy atom. The predicted molar refractivity (Wildman–Crippen MR) is 112 cm³/mol. The van der Waals surface area contributed by atoms with E-state index in [-0.39, 0.29) is 0 Å². The van der Waals surface area contributed by atoms with E-state index >= 15 is 0 Å². The molecule has 1 aliphatic heterocycles. The Hall–Kier alpha value is -1.35. The van der Waals surface area contributed by atoms with E-state index in [4.69, 9.17) is 9.98 Å². The van der Waals surface area contributed by atoms with Crippen molar-refractivity contribution in [3.8, 4) is 0 Å². The third-order valence-electron chi connectivity index (χ3n) is 4.94. The molecule has 3 heteroatoms. The van der Waals surface area contributed by atoms with Gasteiger partial charge in [0, 0.05) is 28.6 Å². The van der Waals surface area contributed by atoms with E-state index in [1.54, 1.807) is 0 Å². The summed E-state index contributed by atoms with van der Waals surface area (Å²) in [4.78, 5) is 9.80. The molecule has 0 fully saturated rings. The summed E-state index contributed by atoms with van der Waals surface area (Å²) in [7, 11) is 0. The van der Waals surface area contributed by atoms with Gasteiger partial charge in [0.2, 0.25) is 0 Å². The van der Waals surface area contributed by atoms with E-state index in [0.717, 1.165) is 24.1 Å². The molecule has 3 rings (SSSR count). The van der Waals surface area contributed by atoms with Crippen molar-refractivity contribution in [2.75, 3.05) is 5.75 Å². The van der Waals surface area contributed by atoms with Crippen molar-refractivity contribution in [3.05, 3.63) is 35.5 Å². The number of aryl methyl sites for hydroxylation is 1. The van der Waals surface area contributed by atoms with E-state index in [0.29, 0.717) is 0 Å². The molecule has 0 aliphatic carbocycles. The maximum absolute atomic E-state index is 4.92. The van der Waals surface area contributed by atoms with Crippen LogP contribution in [0, 0.1) is 0 Å². The summed E-state index contributed by atoms with van der Waals surface area (Å²) in [5, 5.41) is 1.21. The van der Waals surface area contributed by atoms with Gasteiger partial charge in [0.15, 0.2) is 0 Å². The number of pyridine rings is 1. The first kappa shape index (κ1) is 18.4. The first-order valence-electron chi connectivity index (χ1n) is 9.91. The highest BCUT2D eigenvalue weighted by Crippen LogP contribution is 2.36. The van der Waals surface area contributed by atoms with Gasteiger partial charge in [-0.25, -0.2) is 0 Å². The van der Waals surface area contributed by atoms with Crippen LogP contribution < -0.4 is 0 Å². The second-order valence-corrected chi connectivity index (χ2v) is 8.03. The number of rotatable bonds is 9. The zero-order chi connectivity index (χ0) is 17.3. The number of thioether (sulfide) groups is 1. The van der Waals surface area contributed by atoms with E-state index in [2.05, 4.69) is 37.4 Å². The Bertz CT molecular complexity index is 708. The second kappa shape index (κ2) is 9.96. The lowest BCUT2D eigenvalue weighted by atomic mass is 10.1. The predicted octanol–water partition coefficient (Wildman–Crippen LogP) is 6.87. The molecular weight excluding hydrogens is 324 g/mol. The third-order valence-corrected chi connectivity index (χ3v) is 5.92. The quantitative estimate of drug-likeness (QED) is 0.363. The lowest BCUT2D eigenvalue weighted by Crippen LogP contribution is -2.06. The van der Waals surface area contributed by atoms with Crippen LogP contribution in [0.4, 0.5) is 5.69 Å². The van der Waals surface area contributed by atoms with Gasteiger partial charge < -0.3 is 0 Å². The molecule has 2 aromatic rings. The topological polar surface area (TPSA) is 25.2 Å². The zero-order valence-electron chi connectivity index (χ0n) is 15.5. The minimum Gasteiger partial charge on any atom is -0.260 e. The molecular formula is C22H30N2S. The SMILES string of the molecule is CCCCCCCCCC=Nc1c2c(nc3ccccc13)CCSC2. The highest BCUT2D eigenvalue weighted by atomic mass is 32.2. The van der Waals surface area contributed by atoms with Crippen LogP contribution in [0.15, 0.2) is 29.3 Å². The van der Waals surface area contributed by atoms with E-state index in [9.17, 15) is 0 Å². The number of unbranched alkanes of at least 4 members (excludes halogenated alkanes) is 7. The van der Waals surface area contributed by atoms with Crippen LogP contribution in [0.5, 0.6) is 0 Å². The molecule has 0 radical (unpaired) electrons. The Balaban J connectivity index is 1.62. The number of benzene rings is 1. The van der Waals surface area contributed by atoms with Crippen molar-refractivity contribution in [1.82, 2.24) is 4.98 Å². The van der Waals surface area contributed by atoms with Crippen molar-refractivity contribution in [2.24, 2.45) is 4.99 Å².